The summed E-state index contributed by atoms with van der Waals surface area (Å²) in [5, 5.41) is 7.99. The number of nitrogens with one attached hydrogen (secondary N) is 3. The van der Waals surface area contributed by atoms with Gasteiger partial charge in [-0.1, -0.05) is 6.58 Å². The van der Waals surface area contributed by atoms with Crippen molar-refractivity contribution in [1.29, 1.82) is 0 Å². The number of hydrogen-bond donors (Lipinski definition) is 4. The number of primary amides is 1. The Morgan fingerprint density at radius 1 is 1.59 bits per heavy atom. The van der Waals surface area contributed by atoms with Gasteiger partial charge >= 0.3 is 0 Å². The van der Waals surface area contributed by atoms with Gasteiger partial charge in [0.15, 0.2) is 1.41 Å². The first kappa shape index (κ1) is 13.5. The Balaban J connectivity index is 4.49. The van der Waals surface area contributed by atoms with Crippen LogP contribution in [0.3, 0.4) is 0 Å². The van der Waals surface area contributed by atoms with E-state index < -0.39 is 18.0 Å². The molecule has 0 aromatic rings. The van der Waals surface area contributed by atoms with Crippen molar-refractivity contribution in [2.24, 2.45) is 5.73 Å². The number of methoxy groups -OCH3 is 1. The van der Waals surface area contributed by atoms with Crippen LogP contribution in [0.25, 0.3) is 0 Å². The number of nitrogens with two attached hydrogens (primary N) is 1. The van der Waals surface area contributed by atoms with E-state index in [1.807, 2.05) is 0 Å². The molecule has 0 fully saturated rings. The van der Waals surface area contributed by atoms with E-state index in [4.69, 9.17) is 6.15 Å². The molecule has 98 valence electrons. The number of amides is 2. The SMILES string of the molecule is [3H]NC(=O)[C@H](CNC=C)NC(=O)[C@H](COC)NC. The lowest BCUT2D eigenvalue weighted by Crippen LogP contribution is -2.55. The molecule has 0 unspecified atom stereocenters. The van der Waals surface area contributed by atoms with Gasteiger partial charge in [-0.3, -0.25) is 9.59 Å². The molecule has 7 heteroatoms. The molecule has 0 bridgehead atoms. The standard InChI is InChI=1S/C10H20N4O3/c1-4-13-5-7(9(11)15)14-10(16)8(12-2)6-17-3/h4,7-8,12-13H,1,5-6H2,2-3H3,(H2,11,15)(H,14,16)/t7-,8-/m0/s1/i/hT. The van der Waals surface area contributed by atoms with Crippen LogP contribution in [-0.2, 0) is 14.3 Å². The van der Waals surface area contributed by atoms with E-state index >= 15 is 0 Å². The lowest BCUT2D eigenvalue weighted by molar-refractivity contribution is -0.129. The van der Waals surface area contributed by atoms with Crippen LogP contribution < -0.4 is 21.7 Å². The fourth-order valence-electron chi connectivity index (χ4n) is 1.14. The predicted molar refractivity (Wildman–Crippen MR) is 64.0 cm³/mol. The molecule has 0 aliphatic carbocycles. The molecule has 0 aromatic heterocycles. The maximum atomic E-state index is 11.8. The third-order valence-electron chi connectivity index (χ3n) is 2.10. The second-order valence-electron chi connectivity index (χ2n) is 3.33. The summed E-state index contributed by atoms with van der Waals surface area (Å²) in [6.45, 7) is 3.79. The Kier molecular flexibility index (Phi) is 6.76. The molecule has 17 heavy (non-hydrogen) atoms. The number of carbonyl (C=O) groups is 2. The Labute approximate surface area is 102 Å². The van der Waals surface area contributed by atoms with E-state index in [-0.39, 0.29) is 19.1 Å². The topological polar surface area (TPSA) is 105 Å². The van der Waals surface area contributed by atoms with Gasteiger partial charge in [0.2, 0.25) is 11.8 Å². The minimum Gasteiger partial charge on any atom is -0.389 e. The smallest absolute Gasteiger partial charge is 0.241 e. The zero-order valence-corrected chi connectivity index (χ0v) is 10.1. The molecular formula is C10H20N4O3. The summed E-state index contributed by atoms with van der Waals surface area (Å²) < 4.78 is 11.7. The summed E-state index contributed by atoms with van der Waals surface area (Å²) in [6.07, 6.45) is 1.40. The Hall–Kier alpha value is -1.60. The monoisotopic (exact) mass is 246 g/mol. The number of hydrogen-bond acceptors (Lipinski definition) is 5. The largest absolute Gasteiger partial charge is 0.389 e. The molecule has 0 radical (unpaired) electrons. The van der Waals surface area contributed by atoms with Crippen LogP contribution in [0.4, 0.5) is 0 Å². The fraction of sp³-hybridized carbons (Fsp3) is 0.600. The van der Waals surface area contributed by atoms with E-state index in [0.717, 1.165) is 0 Å². The second kappa shape index (κ2) is 8.54. The number of rotatable bonds is 9. The maximum Gasteiger partial charge on any atom is 0.241 e. The first-order valence-corrected chi connectivity index (χ1v) is 5.13. The van der Waals surface area contributed by atoms with Crippen molar-refractivity contribution < 1.29 is 15.7 Å². The summed E-state index contributed by atoms with van der Waals surface area (Å²) in [5.74, 6) is -0.983. The van der Waals surface area contributed by atoms with Gasteiger partial charge in [0, 0.05) is 13.7 Å². The van der Waals surface area contributed by atoms with Gasteiger partial charge in [0.05, 0.1) is 6.61 Å². The van der Waals surface area contributed by atoms with Crippen molar-refractivity contribution in [2.75, 3.05) is 27.3 Å². The van der Waals surface area contributed by atoms with Crippen molar-refractivity contribution >= 4 is 11.8 Å². The lowest BCUT2D eigenvalue weighted by Gasteiger charge is -2.20. The summed E-state index contributed by atoms with van der Waals surface area (Å²) in [5.41, 5.74) is 1.74. The molecule has 0 aromatic carbocycles. The molecule has 2 atom stereocenters. The first-order chi connectivity index (χ1) is 8.60. The third kappa shape index (κ3) is 5.88. The Morgan fingerprint density at radius 3 is 2.76 bits per heavy atom. The third-order valence-corrected chi connectivity index (χ3v) is 2.10. The molecule has 0 aliphatic heterocycles. The van der Waals surface area contributed by atoms with Gasteiger partial charge < -0.3 is 26.4 Å². The molecule has 5 N–H and O–H groups in total. The van der Waals surface area contributed by atoms with E-state index in [9.17, 15) is 9.59 Å². The lowest BCUT2D eigenvalue weighted by atomic mass is 10.2. The van der Waals surface area contributed by atoms with Crippen molar-refractivity contribution in [1.82, 2.24) is 16.0 Å². The van der Waals surface area contributed by atoms with E-state index in [0.29, 0.717) is 0 Å². The minimum absolute atomic E-state index is 0.156. The Morgan fingerprint density at radius 2 is 2.29 bits per heavy atom. The van der Waals surface area contributed by atoms with Crippen LogP contribution in [0.2, 0.25) is 1.41 Å². The van der Waals surface area contributed by atoms with Crippen molar-refractivity contribution in [3.05, 3.63) is 12.8 Å². The highest BCUT2D eigenvalue weighted by molar-refractivity contribution is 5.89. The second-order valence-corrected chi connectivity index (χ2v) is 3.33. The van der Waals surface area contributed by atoms with Gasteiger partial charge in [0.25, 0.3) is 0 Å². The van der Waals surface area contributed by atoms with Crippen molar-refractivity contribution in [3.8, 4) is 0 Å². The van der Waals surface area contributed by atoms with Gasteiger partial charge in [-0.2, -0.15) is 0 Å². The molecule has 0 aliphatic rings. The van der Waals surface area contributed by atoms with E-state index in [2.05, 4.69) is 22.5 Å². The van der Waals surface area contributed by atoms with Crippen LogP contribution in [-0.4, -0.2) is 51.2 Å². The van der Waals surface area contributed by atoms with E-state index in [1.165, 1.54) is 13.3 Å². The van der Waals surface area contributed by atoms with Crippen molar-refractivity contribution in [2.45, 2.75) is 12.1 Å². The Bertz CT molecular complexity index is 288. The average Bonchev–Trinajstić information content (AvgIpc) is 2.39. The van der Waals surface area contributed by atoms with Crippen LogP contribution in [0, 0.1) is 0 Å². The highest BCUT2D eigenvalue weighted by atomic mass is 16.5. The van der Waals surface area contributed by atoms with Crippen LogP contribution in [0.1, 0.15) is 0 Å². The highest BCUT2D eigenvalue weighted by Gasteiger charge is 2.22. The van der Waals surface area contributed by atoms with Crippen LogP contribution in [0.5, 0.6) is 0 Å². The molecule has 0 heterocycles. The highest BCUT2D eigenvalue weighted by Crippen LogP contribution is 1.88. The van der Waals surface area contributed by atoms with Crippen molar-refractivity contribution in [3.63, 3.8) is 0 Å². The zero-order chi connectivity index (χ0) is 14.0. The summed E-state index contributed by atoms with van der Waals surface area (Å²) in [4.78, 5) is 23.2. The normalized spacial score (nSPS) is 14.1. The van der Waals surface area contributed by atoms with Crippen LogP contribution in [0.15, 0.2) is 12.8 Å². The van der Waals surface area contributed by atoms with Gasteiger partial charge in [0.1, 0.15) is 12.1 Å². The molecule has 7 nitrogen and oxygen atoms in total. The molecule has 0 rings (SSSR count). The quantitative estimate of drug-likeness (QED) is 0.374. The number of likely N-dealkylation sites (N-methyl/N-ethyl adjacent to an activating group) is 1. The average molecular weight is 246 g/mol. The number of ether oxygens (including phenoxy) is 1. The predicted octanol–water partition coefficient (Wildman–Crippen LogP) is -2.08. The van der Waals surface area contributed by atoms with Gasteiger partial charge in [-0.25, -0.2) is 0 Å². The molecule has 0 saturated heterocycles. The van der Waals surface area contributed by atoms with Crippen LogP contribution >= 0.6 is 0 Å². The molecular weight excluding hydrogens is 224 g/mol. The summed E-state index contributed by atoms with van der Waals surface area (Å²) >= 11 is 0. The summed E-state index contributed by atoms with van der Waals surface area (Å²) in [7, 11) is 3.09. The molecule has 0 saturated carbocycles. The maximum absolute atomic E-state index is 11.8. The summed E-state index contributed by atoms with van der Waals surface area (Å²) in [6, 6.07) is -1.40. The molecule has 2 amide bonds. The molecule has 0 spiro atoms. The first-order valence-electron chi connectivity index (χ1n) is 5.63. The number of carbonyl (C=O) groups excluding carboxylic acids is 2. The fourth-order valence-corrected chi connectivity index (χ4v) is 1.14. The van der Waals surface area contributed by atoms with E-state index in [1.54, 1.807) is 12.8 Å². The zero-order valence-electron chi connectivity index (χ0n) is 11.1. The minimum atomic E-state index is -0.847. The van der Waals surface area contributed by atoms with Gasteiger partial charge in [-0.15, -0.1) is 0 Å². The van der Waals surface area contributed by atoms with Gasteiger partial charge in [-0.05, 0) is 13.2 Å².